The number of hydrogen-bond donors (Lipinski definition) is 7. The van der Waals surface area contributed by atoms with E-state index in [1.807, 2.05) is 0 Å². The molecule has 7 N–H and O–H groups in total. The van der Waals surface area contributed by atoms with Crippen LogP contribution in [0.15, 0.2) is 0 Å². The van der Waals surface area contributed by atoms with Gasteiger partial charge in [-0.3, -0.25) is 4.52 Å². The molecule has 0 bridgehead atoms. The first-order chi connectivity index (χ1) is 7.19. The van der Waals surface area contributed by atoms with E-state index >= 15 is 0 Å². The van der Waals surface area contributed by atoms with Crippen LogP contribution in [-0.2, 0) is 9.09 Å². The standard InChI is InChI=1S/C6H15O9P/c7-1-3(8)5(10)6(11)4(9)2-15-16(12,13)14/h3-11H,1-2H2,(H2,12,13,14)/t3-,4+,5-,6+/m0/s1. The molecule has 0 spiro atoms. The van der Waals surface area contributed by atoms with Crippen molar-refractivity contribution in [2.75, 3.05) is 13.2 Å². The van der Waals surface area contributed by atoms with E-state index in [9.17, 15) is 9.67 Å². The Labute approximate surface area is 90.8 Å². The molecule has 0 aromatic carbocycles. The van der Waals surface area contributed by atoms with Crippen molar-refractivity contribution in [2.24, 2.45) is 0 Å². The minimum absolute atomic E-state index is 0.843. The highest BCUT2D eigenvalue weighted by atomic mass is 31.2. The number of phosphoric acid groups is 1. The molecule has 0 amide bonds. The molecule has 16 heavy (non-hydrogen) atoms. The lowest BCUT2D eigenvalue weighted by Gasteiger charge is -2.25. The summed E-state index contributed by atoms with van der Waals surface area (Å²) in [5.41, 5.74) is 0. The van der Waals surface area contributed by atoms with Gasteiger partial charge in [0.2, 0.25) is 0 Å². The average Bonchev–Trinajstić information content (AvgIpc) is 2.21. The van der Waals surface area contributed by atoms with Gasteiger partial charge in [0.25, 0.3) is 0 Å². The summed E-state index contributed by atoms with van der Waals surface area (Å²) in [5, 5.41) is 44.8. The van der Waals surface area contributed by atoms with E-state index in [0.29, 0.717) is 0 Å². The van der Waals surface area contributed by atoms with Crippen molar-refractivity contribution >= 4 is 7.82 Å². The maximum absolute atomic E-state index is 10.2. The molecular weight excluding hydrogens is 247 g/mol. The van der Waals surface area contributed by atoms with Gasteiger partial charge in [-0.1, -0.05) is 0 Å². The first-order valence-corrected chi connectivity index (χ1v) is 5.75. The van der Waals surface area contributed by atoms with Gasteiger partial charge >= 0.3 is 7.82 Å². The van der Waals surface area contributed by atoms with Crippen molar-refractivity contribution in [1.29, 1.82) is 0 Å². The second-order valence-corrected chi connectivity index (χ2v) is 4.32. The molecule has 10 heteroatoms. The number of aliphatic hydroxyl groups is 5. The Hall–Kier alpha value is -0.0900. The Morgan fingerprint density at radius 1 is 1.00 bits per heavy atom. The van der Waals surface area contributed by atoms with E-state index in [0.717, 1.165) is 0 Å². The second kappa shape index (κ2) is 6.60. The molecule has 9 nitrogen and oxygen atoms in total. The molecule has 0 aliphatic rings. The largest absolute Gasteiger partial charge is 0.469 e. The summed E-state index contributed by atoms with van der Waals surface area (Å²) in [6.45, 7) is -1.77. The quantitative estimate of drug-likeness (QED) is 0.230. The number of rotatable bonds is 7. The van der Waals surface area contributed by atoms with E-state index in [2.05, 4.69) is 4.52 Å². The van der Waals surface area contributed by atoms with Crippen molar-refractivity contribution in [3.8, 4) is 0 Å². The van der Waals surface area contributed by atoms with Crippen molar-refractivity contribution < 1.29 is 44.4 Å². The van der Waals surface area contributed by atoms with Crippen LogP contribution in [0.25, 0.3) is 0 Å². The first-order valence-electron chi connectivity index (χ1n) is 4.22. The van der Waals surface area contributed by atoms with Gasteiger partial charge in [0.1, 0.15) is 24.4 Å². The fraction of sp³-hybridized carbons (Fsp3) is 1.00. The molecule has 0 saturated heterocycles. The second-order valence-electron chi connectivity index (χ2n) is 3.08. The number of phosphoric ester groups is 1. The van der Waals surface area contributed by atoms with E-state index in [1.165, 1.54) is 0 Å². The summed E-state index contributed by atoms with van der Waals surface area (Å²) < 4.78 is 14.1. The maximum Gasteiger partial charge on any atom is 0.469 e. The first kappa shape index (κ1) is 15.9. The highest BCUT2D eigenvalue weighted by Gasteiger charge is 2.31. The summed E-state index contributed by atoms with van der Waals surface area (Å²) in [7, 11) is -4.78. The lowest BCUT2D eigenvalue weighted by Crippen LogP contribution is -2.47. The Morgan fingerprint density at radius 2 is 1.44 bits per heavy atom. The van der Waals surface area contributed by atoms with Crippen LogP contribution in [0.2, 0.25) is 0 Å². The third-order valence-electron chi connectivity index (χ3n) is 1.74. The van der Waals surface area contributed by atoms with E-state index in [-0.39, 0.29) is 0 Å². The molecular formula is C6H15O9P. The Bertz CT molecular complexity index is 240. The van der Waals surface area contributed by atoms with Gasteiger partial charge in [-0.25, -0.2) is 4.57 Å². The minimum atomic E-state index is -4.78. The van der Waals surface area contributed by atoms with Crippen molar-refractivity contribution in [1.82, 2.24) is 0 Å². The molecule has 0 saturated carbocycles. The van der Waals surface area contributed by atoms with Crippen LogP contribution in [0.1, 0.15) is 0 Å². The average molecular weight is 262 g/mol. The number of aliphatic hydroxyl groups excluding tert-OH is 5. The third-order valence-corrected chi connectivity index (χ3v) is 2.22. The van der Waals surface area contributed by atoms with Gasteiger partial charge in [-0.05, 0) is 0 Å². The summed E-state index contributed by atoms with van der Waals surface area (Å²) in [5.74, 6) is 0. The third kappa shape index (κ3) is 5.85. The highest BCUT2D eigenvalue weighted by molar-refractivity contribution is 7.46. The minimum Gasteiger partial charge on any atom is -0.394 e. The topological polar surface area (TPSA) is 168 Å². The zero-order valence-corrected chi connectivity index (χ0v) is 9.01. The normalized spacial score (nSPS) is 20.2. The summed E-state index contributed by atoms with van der Waals surface area (Å²) in [6.07, 6.45) is -7.27. The van der Waals surface area contributed by atoms with Crippen LogP contribution in [0.4, 0.5) is 0 Å². The maximum atomic E-state index is 10.2. The Kier molecular flexibility index (Phi) is 6.56. The lowest BCUT2D eigenvalue weighted by molar-refractivity contribution is -0.122. The monoisotopic (exact) mass is 262 g/mol. The fourth-order valence-corrected chi connectivity index (χ4v) is 1.18. The van der Waals surface area contributed by atoms with Crippen molar-refractivity contribution in [2.45, 2.75) is 24.4 Å². The van der Waals surface area contributed by atoms with Crippen LogP contribution in [0.5, 0.6) is 0 Å². The van der Waals surface area contributed by atoms with Crippen molar-refractivity contribution in [3.63, 3.8) is 0 Å². The van der Waals surface area contributed by atoms with Gasteiger partial charge in [0.15, 0.2) is 0 Å². The van der Waals surface area contributed by atoms with Crippen LogP contribution in [0, 0.1) is 0 Å². The predicted octanol–water partition coefficient (Wildman–Crippen LogP) is -3.47. The molecule has 4 atom stereocenters. The number of hydrogen-bond acceptors (Lipinski definition) is 7. The Morgan fingerprint density at radius 3 is 1.81 bits per heavy atom. The van der Waals surface area contributed by atoms with Crippen LogP contribution in [-0.4, -0.2) is 72.9 Å². The molecule has 0 fully saturated rings. The zero-order valence-electron chi connectivity index (χ0n) is 8.12. The molecule has 0 aromatic heterocycles. The lowest BCUT2D eigenvalue weighted by atomic mass is 10.0. The molecule has 0 heterocycles. The van der Waals surface area contributed by atoms with Crippen molar-refractivity contribution in [3.05, 3.63) is 0 Å². The molecule has 0 radical (unpaired) electrons. The zero-order chi connectivity index (χ0) is 12.9. The Balaban J connectivity index is 4.17. The summed E-state index contributed by atoms with van der Waals surface area (Å²) >= 11 is 0. The molecule has 98 valence electrons. The predicted molar refractivity (Wildman–Crippen MR) is 49.1 cm³/mol. The molecule has 0 aliphatic heterocycles. The molecule has 0 aliphatic carbocycles. The van der Waals surface area contributed by atoms with Crippen LogP contribution in [0.3, 0.4) is 0 Å². The summed E-state index contributed by atoms with van der Waals surface area (Å²) in [6, 6.07) is 0. The molecule has 0 rings (SSSR count). The van der Waals surface area contributed by atoms with Gasteiger partial charge in [-0.2, -0.15) is 0 Å². The van der Waals surface area contributed by atoms with Gasteiger partial charge in [0.05, 0.1) is 13.2 Å². The van der Waals surface area contributed by atoms with Gasteiger partial charge in [-0.15, -0.1) is 0 Å². The highest BCUT2D eigenvalue weighted by Crippen LogP contribution is 2.35. The smallest absolute Gasteiger partial charge is 0.394 e. The van der Waals surface area contributed by atoms with E-state index in [1.54, 1.807) is 0 Å². The molecule has 0 aromatic rings. The summed E-state index contributed by atoms with van der Waals surface area (Å²) in [4.78, 5) is 16.6. The van der Waals surface area contributed by atoms with Crippen LogP contribution < -0.4 is 0 Å². The van der Waals surface area contributed by atoms with E-state index in [4.69, 9.17) is 30.2 Å². The van der Waals surface area contributed by atoms with Crippen LogP contribution >= 0.6 is 7.82 Å². The molecule has 0 unspecified atom stereocenters. The van der Waals surface area contributed by atoms with Gasteiger partial charge < -0.3 is 35.3 Å². The fourth-order valence-electron chi connectivity index (χ4n) is 0.835. The van der Waals surface area contributed by atoms with Gasteiger partial charge in [0, 0.05) is 0 Å². The van der Waals surface area contributed by atoms with E-state index < -0.39 is 45.5 Å². The SMILES string of the molecule is O=P(O)(O)OC[C@@H](O)[C@@H](O)[C@@H](O)[C@@H](O)CO.